The van der Waals surface area contributed by atoms with Gasteiger partial charge in [0.1, 0.15) is 10.8 Å². The lowest BCUT2D eigenvalue weighted by atomic mass is 10.3. The Balaban J connectivity index is 2.47. The first-order valence-corrected chi connectivity index (χ1v) is 6.18. The van der Waals surface area contributed by atoms with Gasteiger partial charge in [0.25, 0.3) is 5.56 Å². The lowest BCUT2D eigenvalue weighted by Crippen LogP contribution is -2.10. The molecule has 0 aliphatic rings. The van der Waals surface area contributed by atoms with Crippen LogP contribution >= 0.6 is 39.1 Å². The second kappa shape index (κ2) is 5.26. The van der Waals surface area contributed by atoms with Crippen LogP contribution in [0.3, 0.4) is 0 Å². The van der Waals surface area contributed by atoms with E-state index >= 15 is 0 Å². The van der Waals surface area contributed by atoms with Crippen molar-refractivity contribution >= 4 is 50.6 Å². The third-order valence-electron chi connectivity index (χ3n) is 2.05. The van der Waals surface area contributed by atoms with Crippen LogP contribution in [0.25, 0.3) is 0 Å². The number of H-pyrrole nitrogens is 1. The topological polar surface area (TPSA) is 57.8 Å². The minimum atomic E-state index is -0.484. The average molecular weight is 353 g/mol. The predicted octanol–water partition coefficient (Wildman–Crippen LogP) is 3.72. The Bertz CT molecular complexity index is 639. The first-order chi connectivity index (χ1) is 8.49. The molecule has 0 radical (unpaired) electrons. The van der Waals surface area contributed by atoms with E-state index in [2.05, 4.69) is 31.2 Å². The molecule has 0 atom stereocenters. The van der Waals surface area contributed by atoms with Crippen molar-refractivity contribution in [3.63, 3.8) is 0 Å². The van der Waals surface area contributed by atoms with Gasteiger partial charge in [-0.2, -0.15) is 0 Å². The van der Waals surface area contributed by atoms with Crippen molar-refractivity contribution in [2.75, 3.05) is 5.32 Å². The zero-order valence-electron chi connectivity index (χ0n) is 8.60. The smallest absolute Gasteiger partial charge is 0.271 e. The minimum absolute atomic E-state index is 0.107. The average Bonchev–Trinajstić information content (AvgIpc) is 2.28. The van der Waals surface area contributed by atoms with Crippen molar-refractivity contribution in [1.29, 1.82) is 0 Å². The van der Waals surface area contributed by atoms with E-state index in [1.54, 1.807) is 0 Å². The van der Waals surface area contributed by atoms with Crippen molar-refractivity contribution in [1.82, 2.24) is 9.97 Å². The third-order valence-corrected chi connectivity index (χ3v) is 3.32. The highest BCUT2D eigenvalue weighted by Crippen LogP contribution is 2.34. The summed E-state index contributed by atoms with van der Waals surface area (Å²) in [5, 5.41) is 2.80. The fraction of sp³-hybridized carbons (Fsp3) is 0. The first kappa shape index (κ1) is 13.3. The van der Waals surface area contributed by atoms with E-state index in [9.17, 15) is 9.18 Å². The van der Waals surface area contributed by atoms with E-state index in [4.69, 9.17) is 23.2 Å². The highest BCUT2D eigenvalue weighted by Gasteiger charge is 2.12. The molecule has 1 heterocycles. The van der Waals surface area contributed by atoms with Gasteiger partial charge in [0, 0.05) is 4.47 Å². The number of nitrogens with one attached hydrogen (secondary N) is 2. The quantitative estimate of drug-likeness (QED) is 0.865. The number of rotatable bonds is 2. The van der Waals surface area contributed by atoms with Gasteiger partial charge in [0.2, 0.25) is 0 Å². The molecule has 8 heteroatoms. The summed E-state index contributed by atoms with van der Waals surface area (Å²) in [6.45, 7) is 0. The molecule has 18 heavy (non-hydrogen) atoms. The molecule has 4 nitrogen and oxygen atoms in total. The Labute approximate surface area is 119 Å². The summed E-state index contributed by atoms with van der Waals surface area (Å²) in [6, 6.07) is 2.37. The molecule has 0 bridgehead atoms. The van der Waals surface area contributed by atoms with Crippen molar-refractivity contribution in [3.8, 4) is 0 Å². The van der Waals surface area contributed by atoms with Crippen LogP contribution in [0.2, 0.25) is 10.0 Å². The van der Waals surface area contributed by atoms with Crippen molar-refractivity contribution < 1.29 is 4.39 Å². The van der Waals surface area contributed by atoms with Gasteiger partial charge in [-0.1, -0.05) is 23.2 Å². The fourth-order valence-corrected chi connectivity index (χ4v) is 2.30. The normalized spacial score (nSPS) is 10.4. The van der Waals surface area contributed by atoms with Gasteiger partial charge < -0.3 is 10.3 Å². The van der Waals surface area contributed by atoms with Crippen LogP contribution in [-0.2, 0) is 0 Å². The lowest BCUT2D eigenvalue weighted by molar-refractivity contribution is 0.627. The highest BCUT2D eigenvalue weighted by molar-refractivity contribution is 9.10. The summed E-state index contributed by atoms with van der Waals surface area (Å²) >= 11 is 14.8. The number of aromatic amines is 1. The Morgan fingerprint density at radius 2 is 2.11 bits per heavy atom. The summed E-state index contributed by atoms with van der Waals surface area (Å²) in [6.07, 6.45) is 1.20. The number of hydrogen-bond donors (Lipinski definition) is 2. The Morgan fingerprint density at radius 1 is 1.39 bits per heavy atom. The summed E-state index contributed by atoms with van der Waals surface area (Å²) in [4.78, 5) is 17.5. The standard InChI is InChI=1S/C10H5BrCl2FN3O/c11-5-1-4(14)2-6(12)8(5)17-9-7(13)10(18)16-3-15-9/h1-3H,(H2,15,16,17,18). The molecule has 94 valence electrons. The second-order valence-electron chi connectivity index (χ2n) is 3.26. The van der Waals surface area contributed by atoms with Crippen LogP contribution in [0.1, 0.15) is 0 Å². The van der Waals surface area contributed by atoms with Gasteiger partial charge in [-0.3, -0.25) is 4.79 Å². The maximum Gasteiger partial charge on any atom is 0.271 e. The number of aromatic nitrogens is 2. The number of benzene rings is 1. The number of nitrogens with zero attached hydrogens (tertiary/aromatic N) is 1. The second-order valence-corrected chi connectivity index (χ2v) is 4.90. The van der Waals surface area contributed by atoms with Gasteiger partial charge in [0.05, 0.1) is 17.0 Å². The molecular weight excluding hydrogens is 348 g/mol. The maximum absolute atomic E-state index is 13.1. The molecule has 0 fully saturated rings. The molecule has 0 aliphatic heterocycles. The van der Waals surface area contributed by atoms with E-state index in [1.165, 1.54) is 12.4 Å². The summed E-state index contributed by atoms with van der Waals surface area (Å²) in [5.74, 6) is -0.350. The molecule has 0 unspecified atom stereocenters. The minimum Gasteiger partial charge on any atom is -0.337 e. The van der Waals surface area contributed by atoms with E-state index < -0.39 is 11.4 Å². The van der Waals surface area contributed by atoms with Crippen LogP contribution < -0.4 is 10.9 Å². The van der Waals surface area contributed by atoms with Crippen molar-refractivity contribution in [2.45, 2.75) is 0 Å². The van der Waals surface area contributed by atoms with Crippen molar-refractivity contribution in [2.24, 2.45) is 0 Å². The van der Waals surface area contributed by atoms with Crippen LogP contribution in [0.4, 0.5) is 15.9 Å². The molecule has 0 spiro atoms. The maximum atomic E-state index is 13.1. The Kier molecular flexibility index (Phi) is 3.89. The van der Waals surface area contributed by atoms with Crippen LogP contribution in [0.5, 0.6) is 0 Å². The van der Waals surface area contributed by atoms with Crippen molar-refractivity contribution in [3.05, 3.63) is 49.1 Å². The predicted molar refractivity (Wildman–Crippen MR) is 72.3 cm³/mol. The molecule has 2 N–H and O–H groups in total. The molecule has 1 aromatic carbocycles. The van der Waals surface area contributed by atoms with Crippen LogP contribution in [0, 0.1) is 5.82 Å². The number of anilines is 2. The molecule has 2 aromatic rings. The van der Waals surface area contributed by atoms with Crippen LogP contribution in [0.15, 0.2) is 27.7 Å². The molecule has 2 rings (SSSR count). The molecule has 1 aromatic heterocycles. The van der Waals surface area contributed by atoms with Gasteiger partial charge in [-0.25, -0.2) is 9.37 Å². The molecule has 0 aliphatic carbocycles. The molecule has 0 saturated carbocycles. The Hall–Kier alpha value is -1.11. The fourth-order valence-electron chi connectivity index (χ4n) is 1.25. The first-order valence-electron chi connectivity index (χ1n) is 4.64. The van der Waals surface area contributed by atoms with Gasteiger partial charge >= 0.3 is 0 Å². The molecular formula is C10H5BrCl2FN3O. The van der Waals surface area contributed by atoms with E-state index in [-0.39, 0.29) is 15.9 Å². The molecule has 0 saturated heterocycles. The van der Waals surface area contributed by atoms with Crippen LogP contribution in [-0.4, -0.2) is 9.97 Å². The number of hydrogen-bond acceptors (Lipinski definition) is 3. The Morgan fingerprint density at radius 3 is 2.78 bits per heavy atom. The zero-order valence-corrected chi connectivity index (χ0v) is 11.7. The van der Waals surface area contributed by atoms with Gasteiger partial charge in [-0.05, 0) is 28.1 Å². The van der Waals surface area contributed by atoms with E-state index in [1.807, 2.05) is 0 Å². The largest absolute Gasteiger partial charge is 0.337 e. The zero-order chi connectivity index (χ0) is 13.3. The van der Waals surface area contributed by atoms with E-state index in [0.29, 0.717) is 10.2 Å². The SMILES string of the molecule is O=c1[nH]cnc(Nc2c(Cl)cc(F)cc2Br)c1Cl. The third kappa shape index (κ3) is 2.66. The van der Waals surface area contributed by atoms with Gasteiger partial charge in [0.15, 0.2) is 5.82 Å². The lowest BCUT2D eigenvalue weighted by Gasteiger charge is -2.10. The highest BCUT2D eigenvalue weighted by atomic mass is 79.9. The number of halogens is 4. The summed E-state index contributed by atoms with van der Waals surface area (Å²) in [5.41, 5.74) is -0.110. The summed E-state index contributed by atoms with van der Waals surface area (Å²) < 4.78 is 13.4. The van der Waals surface area contributed by atoms with E-state index in [0.717, 1.165) is 6.07 Å². The summed E-state index contributed by atoms with van der Waals surface area (Å²) in [7, 11) is 0. The molecule has 0 amide bonds. The van der Waals surface area contributed by atoms with Gasteiger partial charge in [-0.15, -0.1) is 0 Å². The monoisotopic (exact) mass is 351 g/mol.